The average Bonchev–Trinajstić information content (AvgIpc) is 2.41. The maximum atomic E-state index is 13.7. The maximum absolute atomic E-state index is 13.7. The van der Waals surface area contributed by atoms with Gasteiger partial charge in [-0.15, -0.1) is 0 Å². The fourth-order valence-corrected chi connectivity index (χ4v) is 2.04. The first-order chi connectivity index (χ1) is 9.02. The van der Waals surface area contributed by atoms with E-state index in [-0.39, 0.29) is 17.7 Å². The highest BCUT2D eigenvalue weighted by Gasteiger charge is 2.09. The van der Waals surface area contributed by atoms with Gasteiger partial charge in [-0.3, -0.25) is 9.36 Å². The average molecular weight is 369 g/mol. The number of benzene rings is 1. The van der Waals surface area contributed by atoms with Gasteiger partial charge in [-0.05, 0) is 41.6 Å². The van der Waals surface area contributed by atoms with Gasteiger partial charge in [0, 0.05) is 5.56 Å². The lowest BCUT2D eigenvalue weighted by molar-refractivity contribution is 0.592. The number of rotatable bonds is 2. The number of hydrogen-bond acceptors (Lipinski definition) is 3. The van der Waals surface area contributed by atoms with Crippen LogP contribution < -0.4 is 5.56 Å². The van der Waals surface area contributed by atoms with Gasteiger partial charge < -0.3 is 0 Å². The third kappa shape index (κ3) is 2.81. The lowest BCUT2D eigenvalue weighted by Gasteiger charge is -2.08. The molecule has 0 radical (unpaired) electrons. The van der Waals surface area contributed by atoms with E-state index in [1.165, 1.54) is 23.0 Å². The van der Waals surface area contributed by atoms with Gasteiger partial charge in [-0.2, -0.15) is 5.26 Å². The number of nitriles is 1. The highest BCUT2D eigenvalue weighted by atomic mass is 127. The van der Waals surface area contributed by atoms with E-state index in [9.17, 15) is 9.18 Å². The van der Waals surface area contributed by atoms with Crippen LogP contribution in [0.25, 0.3) is 0 Å². The van der Waals surface area contributed by atoms with Crippen molar-refractivity contribution < 1.29 is 4.39 Å². The third-order valence-corrected chi connectivity index (χ3v) is 3.92. The Bertz CT molecular complexity index is 734. The molecule has 0 saturated carbocycles. The van der Waals surface area contributed by atoms with Crippen LogP contribution in [0.3, 0.4) is 0 Å². The molecular formula is C13H9FIN3O. The predicted molar refractivity (Wildman–Crippen MR) is 76.2 cm³/mol. The van der Waals surface area contributed by atoms with Crippen molar-refractivity contribution >= 4 is 22.6 Å². The summed E-state index contributed by atoms with van der Waals surface area (Å²) in [7, 11) is 0. The Labute approximate surface area is 122 Å². The van der Waals surface area contributed by atoms with Gasteiger partial charge in [0.05, 0.1) is 33.8 Å². The molecular weight excluding hydrogens is 360 g/mol. The van der Waals surface area contributed by atoms with Gasteiger partial charge in [0.1, 0.15) is 5.82 Å². The molecule has 0 aliphatic heterocycles. The molecule has 0 aliphatic carbocycles. The van der Waals surface area contributed by atoms with Gasteiger partial charge in [-0.25, -0.2) is 9.37 Å². The Morgan fingerprint density at radius 3 is 2.89 bits per heavy atom. The summed E-state index contributed by atoms with van der Waals surface area (Å²) in [6.45, 7) is 1.84. The molecule has 1 aromatic carbocycles. The molecule has 2 aromatic rings. The summed E-state index contributed by atoms with van der Waals surface area (Å²) in [5.74, 6) is -0.499. The Morgan fingerprint density at radius 2 is 2.26 bits per heavy atom. The van der Waals surface area contributed by atoms with E-state index in [4.69, 9.17) is 5.26 Å². The van der Waals surface area contributed by atoms with Crippen molar-refractivity contribution in [2.75, 3.05) is 0 Å². The molecule has 0 unspecified atom stereocenters. The lowest BCUT2D eigenvalue weighted by atomic mass is 10.1. The molecule has 6 heteroatoms. The molecule has 0 amide bonds. The zero-order chi connectivity index (χ0) is 14.0. The molecule has 0 spiro atoms. The van der Waals surface area contributed by atoms with Crippen LogP contribution in [-0.2, 0) is 6.54 Å². The smallest absolute Gasteiger partial charge is 0.267 e. The Kier molecular flexibility index (Phi) is 3.95. The Hall–Kier alpha value is -1.75. The van der Waals surface area contributed by atoms with E-state index in [1.807, 2.05) is 28.7 Å². The van der Waals surface area contributed by atoms with E-state index in [2.05, 4.69) is 4.98 Å². The van der Waals surface area contributed by atoms with Crippen LogP contribution in [0.4, 0.5) is 4.39 Å². The molecule has 0 aliphatic rings. The minimum absolute atomic E-state index is 0.0969. The van der Waals surface area contributed by atoms with Crippen molar-refractivity contribution in [3.8, 4) is 6.07 Å². The predicted octanol–water partition coefficient (Wildman–Crippen LogP) is 2.22. The first-order valence-corrected chi connectivity index (χ1v) is 6.51. The lowest BCUT2D eigenvalue weighted by Crippen LogP contribution is -2.24. The number of aryl methyl sites for hydroxylation is 1. The number of hydrogen-bond donors (Lipinski definition) is 0. The zero-order valence-corrected chi connectivity index (χ0v) is 12.2. The second kappa shape index (κ2) is 5.48. The number of halogens is 2. The third-order valence-electron chi connectivity index (χ3n) is 2.68. The molecule has 0 bridgehead atoms. The van der Waals surface area contributed by atoms with Crippen molar-refractivity contribution in [2.45, 2.75) is 13.5 Å². The summed E-state index contributed by atoms with van der Waals surface area (Å²) in [5, 5.41) is 8.67. The SMILES string of the molecule is Cc1ncn(Cc2ccc(C#N)cc2F)c(=O)c1I. The van der Waals surface area contributed by atoms with Crippen LogP contribution in [0.2, 0.25) is 0 Å². The van der Waals surface area contributed by atoms with Crippen LogP contribution in [0.5, 0.6) is 0 Å². The van der Waals surface area contributed by atoms with Crippen LogP contribution >= 0.6 is 22.6 Å². The fraction of sp³-hybridized carbons (Fsp3) is 0.154. The molecule has 1 heterocycles. The topological polar surface area (TPSA) is 58.7 Å². The highest BCUT2D eigenvalue weighted by molar-refractivity contribution is 14.1. The molecule has 0 N–H and O–H groups in total. The molecule has 0 fully saturated rings. The minimum Gasteiger partial charge on any atom is -0.294 e. The maximum Gasteiger partial charge on any atom is 0.267 e. The Balaban J connectivity index is 2.40. The van der Waals surface area contributed by atoms with Crippen LogP contribution in [0.15, 0.2) is 29.3 Å². The normalized spacial score (nSPS) is 10.2. The zero-order valence-electron chi connectivity index (χ0n) is 10.0. The molecule has 0 atom stereocenters. The second-order valence-electron chi connectivity index (χ2n) is 4.00. The molecule has 96 valence electrons. The van der Waals surface area contributed by atoms with Gasteiger partial charge in [0.15, 0.2) is 0 Å². The summed E-state index contributed by atoms with van der Waals surface area (Å²) in [5.41, 5.74) is 1.06. The largest absolute Gasteiger partial charge is 0.294 e. The summed E-state index contributed by atoms with van der Waals surface area (Å²) in [6, 6.07) is 6.06. The van der Waals surface area contributed by atoms with E-state index in [1.54, 1.807) is 6.92 Å². The number of nitrogens with zero attached hydrogens (tertiary/aromatic N) is 3. The summed E-state index contributed by atoms with van der Waals surface area (Å²) >= 11 is 1.92. The van der Waals surface area contributed by atoms with Gasteiger partial charge >= 0.3 is 0 Å². The van der Waals surface area contributed by atoms with Crippen LogP contribution in [0.1, 0.15) is 16.8 Å². The van der Waals surface area contributed by atoms with E-state index in [0.717, 1.165) is 6.07 Å². The van der Waals surface area contributed by atoms with Crippen molar-refractivity contribution in [3.05, 3.63) is 61.1 Å². The van der Waals surface area contributed by atoms with E-state index < -0.39 is 5.82 Å². The Morgan fingerprint density at radius 1 is 1.53 bits per heavy atom. The molecule has 2 rings (SSSR count). The van der Waals surface area contributed by atoms with Crippen molar-refractivity contribution in [1.82, 2.24) is 9.55 Å². The van der Waals surface area contributed by atoms with Crippen molar-refractivity contribution in [2.24, 2.45) is 0 Å². The van der Waals surface area contributed by atoms with Gasteiger partial charge in [0.2, 0.25) is 0 Å². The molecule has 0 saturated heterocycles. The number of aromatic nitrogens is 2. The van der Waals surface area contributed by atoms with Gasteiger partial charge in [-0.1, -0.05) is 6.07 Å². The monoisotopic (exact) mass is 369 g/mol. The molecule has 1 aromatic heterocycles. The second-order valence-corrected chi connectivity index (χ2v) is 5.07. The fourth-order valence-electron chi connectivity index (χ4n) is 1.59. The van der Waals surface area contributed by atoms with Crippen LogP contribution in [-0.4, -0.2) is 9.55 Å². The summed E-state index contributed by atoms with van der Waals surface area (Å²) in [4.78, 5) is 16.0. The first-order valence-electron chi connectivity index (χ1n) is 5.43. The van der Waals surface area contributed by atoms with E-state index >= 15 is 0 Å². The first kappa shape index (κ1) is 13.7. The van der Waals surface area contributed by atoms with Crippen molar-refractivity contribution in [3.63, 3.8) is 0 Å². The van der Waals surface area contributed by atoms with Crippen LogP contribution in [0, 0.1) is 27.6 Å². The van der Waals surface area contributed by atoms with Crippen molar-refractivity contribution in [1.29, 1.82) is 5.26 Å². The summed E-state index contributed by atoms with van der Waals surface area (Å²) < 4.78 is 15.6. The molecule has 4 nitrogen and oxygen atoms in total. The van der Waals surface area contributed by atoms with E-state index in [0.29, 0.717) is 14.8 Å². The quantitative estimate of drug-likeness (QED) is 0.763. The summed E-state index contributed by atoms with van der Waals surface area (Å²) in [6.07, 6.45) is 1.40. The minimum atomic E-state index is -0.499. The standard InChI is InChI=1S/C13H9FIN3O/c1-8-12(15)13(19)18(7-17-8)6-10-3-2-9(5-16)4-11(10)14/h2-4,7H,6H2,1H3. The molecule has 19 heavy (non-hydrogen) atoms. The highest BCUT2D eigenvalue weighted by Crippen LogP contribution is 2.11. The van der Waals surface area contributed by atoms with Gasteiger partial charge in [0.25, 0.3) is 5.56 Å².